The molecule has 0 aliphatic rings. The van der Waals surface area contributed by atoms with Gasteiger partial charge in [-0.1, -0.05) is 60.7 Å². The average molecular weight is 632 g/mol. The highest BCUT2D eigenvalue weighted by atomic mass is 32.2. The fourth-order valence-electron chi connectivity index (χ4n) is 4.79. The van der Waals surface area contributed by atoms with Crippen LogP contribution in [0.2, 0.25) is 0 Å². The van der Waals surface area contributed by atoms with E-state index in [0.717, 1.165) is 9.87 Å². The first-order valence-corrected chi connectivity index (χ1v) is 15.9. The number of carbonyl (C=O) groups is 2. The zero-order valence-electron chi connectivity index (χ0n) is 25.8. The molecule has 0 aliphatic carbocycles. The van der Waals surface area contributed by atoms with E-state index in [4.69, 9.17) is 4.74 Å². The Kier molecular flexibility index (Phi) is 10.6. The van der Waals surface area contributed by atoms with Crippen LogP contribution in [0.5, 0.6) is 5.75 Å². The van der Waals surface area contributed by atoms with Crippen molar-refractivity contribution >= 4 is 27.5 Å². The molecule has 0 saturated carbocycles. The molecule has 0 saturated heterocycles. The minimum Gasteiger partial charge on any atom is -0.497 e. The second-order valence-electron chi connectivity index (χ2n) is 11.6. The molecule has 1 atom stereocenters. The summed E-state index contributed by atoms with van der Waals surface area (Å²) in [4.78, 5) is 29.6. The molecule has 1 unspecified atom stereocenters. The van der Waals surface area contributed by atoms with Crippen molar-refractivity contribution in [2.24, 2.45) is 0 Å². The van der Waals surface area contributed by atoms with E-state index in [2.05, 4.69) is 5.32 Å². The van der Waals surface area contributed by atoms with Gasteiger partial charge in [0.25, 0.3) is 10.0 Å². The number of ether oxygens (including phenoxy) is 1. The lowest BCUT2D eigenvalue weighted by Gasteiger charge is -2.35. The van der Waals surface area contributed by atoms with E-state index in [1.54, 1.807) is 42.5 Å². The van der Waals surface area contributed by atoms with E-state index < -0.39 is 45.8 Å². The zero-order chi connectivity index (χ0) is 32.6. The van der Waals surface area contributed by atoms with E-state index in [9.17, 15) is 22.4 Å². The van der Waals surface area contributed by atoms with Crippen molar-refractivity contribution in [3.8, 4) is 5.75 Å². The Bertz CT molecular complexity index is 1680. The van der Waals surface area contributed by atoms with Crippen molar-refractivity contribution < 1.29 is 27.1 Å². The van der Waals surface area contributed by atoms with Gasteiger partial charge in [0.1, 0.15) is 24.2 Å². The number of carbonyl (C=O) groups excluding carboxylic acids is 2. The van der Waals surface area contributed by atoms with Crippen LogP contribution in [-0.4, -0.2) is 50.4 Å². The van der Waals surface area contributed by atoms with Crippen LogP contribution in [0.4, 0.5) is 10.1 Å². The molecule has 0 radical (unpaired) electrons. The van der Waals surface area contributed by atoms with Gasteiger partial charge in [-0.2, -0.15) is 0 Å². The first-order valence-electron chi connectivity index (χ1n) is 14.5. The molecular formula is C35H38FN3O5S. The maximum absolute atomic E-state index is 14.4. The molecule has 0 aromatic heterocycles. The molecule has 8 nitrogen and oxygen atoms in total. The zero-order valence-corrected chi connectivity index (χ0v) is 26.6. The number of methoxy groups -OCH3 is 1. The predicted molar refractivity (Wildman–Crippen MR) is 173 cm³/mol. The van der Waals surface area contributed by atoms with Gasteiger partial charge in [-0.25, -0.2) is 12.8 Å². The van der Waals surface area contributed by atoms with Crippen molar-refractivity contribution in [2.45, 2.75) is 50.2 Å². The number of amides is 2. The van der Waals surface area contributed by atoms with Gasteiger partial charge in [0.05, 0.1) is 17.7 Å². The highest BCUT2D eigenvalue weighted by Gasteiger charge is 2.35. The fraction of sp³-hybridized carbons (Fsp3) is 0.257. The Hall–Kier alpha value is -4.70. The molecule has 0 spiro atoms. The lowest BCUT2D eigenvalue weighted by Crippen LogP contribution is -2.56. The number of halogens is 1. The standard InChI is InChI=1S/C35H38FN3O5S/c1-35(2,3)37-34(41)32(23-26-11-7-5-8-12-26)38(24-27-15-17-28(36)18-16-27)33(40)25-39(29-13-9-6-10-14-29)45(42,43)31-21-19-30(44-4)20-22-31/h5-22,32H,23-25H2,1-4H3,(H,37,41). The van der Waals surface area contributed by atoms with Crippen LogP contribution in [-0.2, 0) is 32.6 Å². The fourth-order valence-corrected chi connectivity index (χ4v) is 6.21. The van der Waals surface area contributed by atoms with Gasteiger partial charge in [0, 0.05) is 18.5 Å². The third-order valence-electron chi connectivity index (χ3n) is 7.01. The summed E-state index contributed by atoms with van der Waals surface area (Å²) in [5.41, 5.74) is 1.07. The highest BCUT2D eigenvalue weighted by molar-refractivity contribution is 7.92. The summed E-state index contributed by atoms with van der Waals surface area (Å²) in [6.07, 6.45) is 0.173. The first kappa shape index (κ1) is 33.2. The Morgan fingerprint density at radius 1 is 0.822 bits per heavy atom. The van der Waals surface area contributed by atoms with Gasteiger partial charge < -0.3 is 15.0 Å². The number of nitrogens with zero attached hydrogens (tertiary/aromatic N) is 2. The second-order valence-corrected chi connectivity index (χ2v) is 13.5. The van der Waals surface area contributed by atoms with Gasteiger partial charge in [-0.05, 0) is 80.4 Å². The van der Waals surface area contributed by atoms with Crippen LogP contribution in [0, 0.1) is 5.82 Å². The van der Waals surface area contributed by atoms with Crippen molar-refractivity contribution in [1.82, 2.24) is 10.2 Å². The first-order chi connectivity index (χ1) is 21.4. The topological polar surface area (TPSA) is 96.0 Å². The normalized spacial score (nSPS) is 12.2. The summed E-state index contributed by atoms with van der Waals surface area (Å²) in [7, 11) is -2.76. The van der Waals surface area contributed by atoms with Crippen LogP contribution in [0.1, 0.15) is 31.9 Å². The Morgan fingerprint density at radius 2 is 1.40 bits per heavy atom. The summed E-state index contributed by atoms with van der Waals surface area (Å²) < 4.78 is 48.2. The van der Waals surface area contributed by atoms with E-state index >= 15 is 0 Å². The summed E-state index contributed by atoms with van der Waals surface area (Å²) in [6.45, 7) is 4.88. The SMILES string of the molecule is COc1ccc(S(=O)(=O)N(CC(=O)N(Cc2ccc(F)cc2)C(Cc2ccccc2)C(=O)NC(C)(C)C)c2ccccc2)cc1. The molecule has 10 heteroatoms. The molecule has 2 amide bonds. The summed E-state index contributed by atoms with van der Waals surface area (Å²) in [5.74, 6) is -0.963. The molecule has 45 heavy (non-hydrogen) atoms. The molecular weight excluding hydrogens is 593 g/mol. The van der Waals surface area contributed by atoms with Crippen molar-refractivity contribution in [3.63, 3.8) is 0 Å². The number of para-hydroxylation sites is 1. The lowest BCUT2D eigenvalue weighted by atomic mass is 10.0. The maximum Gasteiger partial charge on any atom is 0.264 e. The second kappa shape index (κ2) is 14.4. The van der Waals surface area contributed by atoms with Crippen LogP contribution in [0.25, 0.3) is 0 Å². The number of hydrogen-bond acceptors (Lipinski definition) is 5. The van der Waals surface area contributed by atoms with Crippen LogP contribution in [0.15, 0.2) is 114 Å². The molecule has 4 aromatic carbocycles. The molecule has 0 fully saturated rings. The van der Waals surface area contributed by atoms with E-state index in [1.807, 2.05) is 51.1 Å². The Labute approximate surface area is 264 Å². The Morgan fingerprint density at radius 3 is 1.96 bits per heavy atom. The van der Waals surface area contributed by atoms with Crippen LogP contribution in [0.3, 0.4) is 0 Å². The highest BCUT2D eigenvalue weighted by Crippen LogP contribution is 2.26. The predicted octanol–water partition coefficient (Wildman–Crippen LogP) is 5.58. The monoisotopic (exact) mass is 631 g/mol. The quantitative estimate of drug-likeness (QED) is 0.220. The molecule has 236 valence electrons. The maximum atomic E-state index is 14.4. The third kappa shape index (κ3) is 8.92. The van der Waals surface area contributed by atoms with Crippen LogP contribution < -0.4 is 14.4 Å². The van der Waals surface area contributed by atoms with Crippen molar-refractivity contribution in [3.05, 3.63) is 126 Å². The van der Waals surface area contributed by atoms with Gasteiger partial charge in [-0.15, -0.1) is 0 Å². The summed E-state index contributed by atoms with van der Waals surface area (Å²) in [5, 5.41) is 2.99. The van der Waals surface area contributed by atoms with Gasteiger partial charge in [0.2, 0.25) is 11.8 Å². The van der Waals surface area contributed by atoms with Crippen molar-refractivity contribution in [1.29, 1.82) is 0 Å². The number of benzene rings is 4. The minimum atomic E-state index is -4.24. The Balaban J connectivity index is 1.79. The smallest absolute Gasteiger partial charge is 0.264 e. The number of hydrogen-bond donors (Lipinski definition) is 1. The minimum absolute atomic E-state index is 0.0312. The summed E-state index contributed by atoms with van der Waals surface area (Å²) >= 11 is 0. The number of sulfonamides is 1. The number of rotatable bonds is 12. The molecule has 4 aromatic rings. The number of anilines is 1. The van der Waals surface area contributed by atoms with Gasteiger partial charge in [0.15, 0.2) is 0 Å². The molecule has 4 rings (SSSR count). The summed E-state index contributed by atoms with van der Waals surface area (Å²) in [6, 6.07) is 28.1. The molecule has 0 aliphatic heterocycles. The molecule has 0 heterocycles. The third-order valence-corrected chi connectivity index (χ3v) is 8.79. The number of nitrogens with one attached hydrogen (secondary N) is 1. The average Bonchev–Trinajstić information content (AvgIpc) is 3.02. The van der Waals surface area contributed by atoms with Crippen LogP contribution >= 0.6 is 0 Å². The van der Waals surface area contributed by atoms with E-state index in [1.165, 1.54) is 48.4 Å². The van der Waals surface area contributed by atoms with Gasteiger partial charge in [-0.3, -0.25) is 13.9 Å². The van der Waals surface area contributed by atoms with E-state index in [-0.39, 0.29) is 23.5 Å². The lowest BCUT2D eigenvalue weighted by molar-refractivity contribution is -0.140. The van der Waals surface area contributed by atoms with E-state index in [0.29, 0.717) is 11.3 Å². The van der Waals surface area contributed by atoms with Crippen molar-refractivity contribution in [2.75, 3.05) is 18.0 Å². The largest absolute Gasteiger partial charge is 0.497 e. The molecule has 0 bridgehead atoms. The van der Waals surface area contributed by atoms with Gasteiger partial charge >= 0.3 is 0 Å². The molecule has 1 N–H and O–H groups in total.